The topological polar surface area (TPSA) is 86.7 Å². The van der Waals surface area contributed by atoms with Crippen LogP contribution in [0.1, 0.15) is 18.1 Å². The summed E-state index contributed by atoms with van der Waals surface area (Å²) in [4.78, 5) is 30.8. The van der Waals surface area contributed by atoms with E-state index in [1.165, 1.54) is 9.13 Å². The minimum Gasteiger partial charge on any atom is -0.383 e. The highest BCUT2D eigenvalue weighted by molar-refractivity contribution is 5.87. The van der Waals surface area contributed by atoms with Gasteiger partial charge in [-0.3, -0.25) is 18.5 Å². The van der Waals surface area contributed by atoms with E-state index >= 15 is 0 Å². The fraction of sp³-hybridized carbons (Fsp3) is 0.400. The molecule has 0 radical (unpaired) electrons. The normalized spacial score (nSPS) is 13.7. The number of aryl methyl sites for hydroxylation is 2. The van der Waals surface area contributed by atoms with Gasteiger partial charge >= 0.3 is 5.69 Å². The summed E-state index contributed by atoms with van der Waals surface area (Å²) in [6.07, 6.45) is 0. The largest absolute Gasteiger partial charge is 0.383 e. The lowest BCUT2D eigenvalue weighted by Gasteiger charge is -2.24. The standard InChI is InChI=1S/C20H24N6O3/c1-13-5-7-15(8-6-13)12-25-18(27)16-17(23(3)20(25)28)21-19-24(16)11-14(2)22-26(19)9-10-29-4/h5-8H,9-12H2,1-4H3. The number of benzene rings is 1. The highest BCUT2D eigenvalue weighted by Gasteiger charge is 2.26. The second-order valence-corrected chi connectivity index (χ2v) is 7.34. The summed E-state index contributed by atoms with van der Waals surface area (Å²) in [6.45, 7) is 5.54. The Kier molecular flexibility index (Phi) is 4.83. The van der Waals surface area contributed by atoms with Crippen molar-refractivity contribution in [1.82, 2.24) is 18.7 Å². The molecule has 0 aliphatic carbocycles. The van der Waals surface area contributed by atoms with Crippen LogP contribution in [0.25, 0.3) is 11.2 Å². The number of nitrogens with zero attached hydrogens (tertiary/aromatic N) is 6. The Morgan fingerprint density at radius 2 is 1.86 bits per heavy atom. The summed E-state index contributed by atoms with van der Waals surface area (Å²) < 4.78 is 9.69. The van der Waals surface area contributed by atoms with Crippen LogP contribution in [0, 0.1) is 6.92 Å². The SMILES string of the molecule is COCCN1N=C(C)Cn2c1nc1c2c(=O)n(Cc2ccc(C)cc2)c(=O)n1C. The lowest BCUT2D eigenvalue weighted by molar-refractivity contribution is 0.205. The molecule has 9 nitrogen and oxygen atoms in total. The first-order valence-electron chi connectivity index (χ1n) is 9.47. The summed E-state index contributed by atoms with van der Waals surface area (Å²) in [5, 5.41) is 6.25. The number of fused-ring (bicyclic) bond motifs is 3. The molecule has 0 spiro atoms. The first-order chi connectivity index (χ1) is 13.9. The van der Waals surface area contributed by atoms with E-state index in [0.29, 0.717) is 36.8 Å². The fourth-order valence-electron chi connectivity index (χ4n) is 3.56. The zero-order chi connectivity index (χ0) is 20.7. The van der Waals surface area contributed by atoms with Crippen LogP contribution in [-0.2, 0) is 24.9 Å². The first-order valence-corrected chi connectivity index (χ1v) is 9.47. The highest BCUT2D eigenvalue weighted by Crippen LogP contribution is 2.23. The summed E-state index contributed by atoms with van der Waals surface area (Å²) in [6, 6.07) is 7.80. The molecular weight excluding hydrogens is 372 g/mol. The minimum atomic E-state index is -0.389. The number of aromatic nitrogens is 4. The summed E-state index contributed by atoms with van der Waals surface area (Å²) >= 11 is 0. The minimum absolute atomic E-state index is 0.211. The van der Waals surface area contributed by atoms with Crippen molar-refractivity contribution in [3.63, 3.8) is 0 Å². The third-order valence-electron chi connectivity index (χ3n) is 5.09. The van der Waals surface area contributed by atoms with Crippen molar-refractivity contribution < 1.29 is 4.74 Å². The second-order valence-electron chi connectivity index (χ2n) is 7.34. The molecule has 4 rings (SSSR count). The van der Waals surface area contributed by atoms with E-state index in [0.717, 1.165) is 16.8 Å². The molecule has 2 aromatic heterocycles. The second kappa shape index (κ2) is 7.32. The molecule has 152 valence electrons. The maximum absolute atomic E-state index is 13.3. The van der Waals surface area contributed by atoms with Gasteiger partial charge < -0.3 is 4.74 Å². The van der Waals surface area contributed by atoms with Gasteiger partial charge in [-0.1, -0.05) is 29.8 Å². The molecular formula is C20H24N6O3. The molecule has 9 heteroatoms. The molecule has 29 heavy (non-hydrogen) atoms. The molecule has 0 saturated carbocycles. The van der Waals surface area contributed by atoms with Gasteiger partial charge in [0.1, 0.15) is 0 Å². The highest BCUT2D eigenvalue weighted by atomic mass is 16.5. The molecule has 0 unspecified atom stereocenters. The maximum atomic E-state index is 13.3. The van der Waals surface area contributed by atoms with Crippen LogP contribution < -0.4 is 16.3 Å². The van der Waals surface area contributed by atoms with Crippen LogP contribution >= 0.6 is 0 Å². The molecule has 1 aromatic carbocycles. The van der Waals surface area contributed by atoms with Gasteiger partial charge in [0.05, 0.1) is 32.0 Å². The van der Waals surface area contributed by atoms with Crippen molar-refractivity contribution in [1.29, 1.82) is 0 Å². The molecule has 1 aliphatic heterocycles. The molecule has 0 atom stereocenters. The van der Waals surface area contributed by atoms with E-state index in [2.05, 4.69) is 10.1 Å². The number of anilines is 1. The van der Waals surface area contributed by atoms with Gasteiger partial charge in [0.25, 0.3) is 5.56 Å². The van der Waals surface area contributed by atoms with Crippen molar-refractivity contribution in [2.24, 2.45) is 12.1 Å². The Labute approximate surface area is 167 Å². The summed E-state index contributed by atoms with van der Waals surface area (Å²) in [5.74, 6) is 0.544. The lowest BCUT2D eigenvalue weighted by atomic mass is 10.1. The van der Waals surface area contributed by atoms with Crippen LogP contribution in [0.3, 0.4) is 0 Å². The van der Waals surface area contributed by atoms with Crippen molar-refractivity contribution in [2.75, 3.05) is 25.3 Å². The molecule has 3 aromatic rings. The van der Waals surface area contributed by atoms with Crippen LogP contribution in [0.5, 0.6) is 0 Å². The number of ether oxygens (including phenoxy) is 1. The number of hydrogen-bond donors (Lipinski definition) is 0. The lowest BCUT2D eigenvalue weighted by Crippen LogP contribution is -2.40. The maximum Gasteiger partial charge on any atom is 0.332 e. The Morgan fingerprint density at radius 3 is 2.55 bits per heavy atom. The van der Waals surface area contributed by atoms with E-state index in [9.17, 15) is 9.59 Å². The number of hydrazone groups is 1. The van der Waals surface area contributed by atoms with E-state index in [4.69, 9.17) is 4.74 Å². The molecule has 1 aliphatic rings. The quantitative estimate of drug-likeness (QED) is 0.645. The number of methoxy groups -OCH3 is 1. The van der Waals surface area contributed by atoms with Gasteiger partial charge in [-0.25, -0.2) is 9.80 Å². The average molecular weight is 396 g/mol. The van der Waals surface area contributed by atoms with Crippen LogP contribution in [0.2, 0.25) is 0 Å². The predicted octanol–water partition coefficient (Wildman–Crippen LogP) is 1.10. The van der Waals surface area contributed by atoms with Gasteiger partial charge in [0, 0.05) is 14.2 Å². The molecule has 0 fully saturated rings. The third-order valence-corrected chi connectivity index (χ3v) is 5.09. The van der Waals surface area contributed by atoms with Crippen LogP contribution in [-0.4, -0.2) is 44.7 Å². The van der Waals surface area contributed by atoms with Crippen molar-refractivity contribution in [3.05, 3.63) is 56.2 Å². The van der Waals surface area contributed by atoms with Crippen molar-refractivity contribution in [3.8, 4) is 0 Å². The van der Waals surface area contributed by atoms with E-state index < -0.39 is 0 Å². The first kappa shape index (κ1) is 19.1. The van der Waals surface area contributed by atoms with E-state index in [1.54, 1.807) is 19.2 Å². The fourth-order valence-corrected chi connectivity index (χ4v) is 3.56. The van der Waals surface area contributed by atoms with Crippen molar-refractivity contribution in [2.45, 2.75) is 26.9 Å². The number of hydrogen-bond acceptors (Lipinski definition) is 6. The Hall–Kier alpha value is -3.20. The molecule has 0 saturated heterocycles. The molecule has 3 heterocycles. The van der Waals surface area contributed by atoms with Crippen molar-refractivity contribution >= 4 is 22.8 Å². The van der Waals surface area contributed by atoms with Gasteiger partial charge in [0.15, 0.2) is 11.2 Å². The monoisotopic (exact) mass is 396 g/mol. The average Bonchev–Trinajstić information content (AvgIpc) is 3.08. The molecule has 0 amide bonds. The Balaban J connectivity index is 1.89. The van der Waals surface area contributed by atoms with Crippen LogP contribution in [0.4, 0.5) is 5.95 Å². The number of rotatable bonds is 5. The Morgan fingerprint density at radius 1 is 1.14 bits per heavy atom. The smallest absolute Gasteiger partial charge is 0.332 e. The zero-order valence-corrected chi connectivity index (χ0v) is 17.0. The van der Waals surface area contributed by atoms with Gasteiger partial charge in [-0.15, -0.1) is 0 Å². The third kappa shape index (κ3) is 3.27. The predicted molar refractivity (Wildman–Crippen MR) is 112 cm³/mol. The van der Waals surface area contributed by atoms with Gasteiger partial charge in [-0.2, -0.15) is 10.1 Å². The van der Waals surface area contributed by atoms with Gasteiger partial charge in [-0.05, 0) is 19.4 Å². The van der Waals surface area contributed by atoms with E-state index in [-0.39, 0.29) is 17.8 Å². The molecule has 0 bridgehead atoms. The van der Waals surface area contributed by atoms with E-state index in [1.807, 2.05) is 42.7 Å². The Bertz CT molecular complexity index is 1220. The zero-order valence-electron chi connectivity index (χ0n) is 17.0. The summed E-state index contributed by atoms with van der Waals surface area (Å²) in [5.41, 5.74) is 2.91. The van der Waals surface area contributed by atoms with Crippen LogP contribution in [0.15, 0.2) is 39.0 Å². The number of imidazole rings is 1. The summed E-state index contributed by atoms with van der Waals surface area (Å²) in [7, 11) is 3.26. The molecule has 0 N–H and O–H groups in total. The van der Waals surface area contributed by atoms with Gasteiger partial charge in [0.2, 0.25) is 5.95 Å².